The molecule has 0 amide bonds. The number of ether oxygens (including phenoxy) is 1. The van der Waals surface area contributed by atoms with E-state index in [4.69, 9.17) is 16.3 Å². The molecule has 2 fully saturated rings. The number of nitrogens with one attached hydrogen (secondary N) is 1. The second-order valence-corrected chi connectivity index (χ2v) is 11.7. The fraction of sp³-hybridized carbons (Fsp3) is 0.448. The number of hydrogen-bond donors (Lipinski definition) is 1. The van der Waals surface area contributed by atoms with Gasteiger partial charge in [0, 0.05) is 23.5 Å². The van der Waals surface area contributed by atoms with Gasteiger partial charge in [0.1, 0.15) is 17.4 Å². The average Bonchev–Trinajstić information content (AvgIpc) is 3.73. The normalized spacial score (nSPS) is 18.1. The number of H-pyrrole nitrogens is 1. The highest BCUT2D eigenvalue weighted by Gasteiger charge is 2.67. The molecule has 2 aliphatic rings. The van der Waals surface area contributed by atoms with Crippen molar-refractivity contribution in [2.24, 2.45) is 22.7 Å². The molecule has 3 aromatic rings. The average molecular weight is 506 g/mol. The lowest BCUT2D eigenvalue weighted by atomic mass is 10.00. The summed E-state index contributed by atoms with van der Waals surface area (Å²) in [6.45, 7) is 9.38. The zero-order chi connectivity index (χ0) is 25.7. The number of rotatable bonds is 9. The van der Waals surface area contributed by atoms with Crippen molar-refractivity contribution in [1.82, 2.24) is 15.0 Å². The number of halogens is 1. The lowest BCUT2D eigenvalue weighted by molar-refractivity contribution is -0.121. The molecule has 1 aromatic heterocycles. The van der Waals surface area contributed by atoms with E-state index in [0.717, 1.165) is 17.9 Å². The highest BCUT2D eigenvalue weighted by atomic mass is 35.5. The van der Waals surface area contributed by atoms with Crippen LogP contribution < -0.4 is 10.4 Å². The predicted molar refractivity (Wildman–Crippen MR) is 141 cm³/mol. The molecular weight excluding hydrogens is 474 g/mol. The van der Waals surface area contributed by atoms with Gasteiger partial charge >= 0.3 is 5.69 Å². The number of carbonyl (C=O) groups excluding carboxylic acids is 1. The number of hydrogen-bond acceptors (Lipinski definition) is 5. The first kappa shape index (κ1) is 24.7. The summed E-state index contributed by atoms with van der Waals surface area (Å²) in [6, 6.07) is 13.0. The quantitative estimate of drug-likeness (QED) is 0.378. The summed E-state index contributed by atoms with van der Waals surface area (Å²) in [5.41, 5.74) is 1.87. The number of aromatic amines is 1. The molecule has 36 heavy (non-hydrogen) atoms. The van der Waals surface area contributed by atoms with Crippen LogP contribution in [-0.4, -0.2) is 27.3 Å². The second-order valence-electron chi connectivity index (χ2n) is 11.3. The Labute approximate surface area is 216 Å². The van der Waals surface area contributed by atoms with Crippen molar-refractivity contribution in [3.8, 4) is 28.5 Å². The van der Waals surface area contributed by atoms with E-state index in [9.17, 15) is 9.59 Å². The van der Waals surface area contributed by atoms with E-state index in [2.05, 4.69) is 42.6 Å². The first-order valence-electron chi connectivity index (χ1n) is 12.6. The van der Waals surface area contributed by atoms with Gasteiger partial charge in [-0.15, -0.1) is 0 Å². The van der Waals surface area contributed by atoms with Crippen LogP contribution in [0.3, 0.4) is 0 Å². The van der Waals surface area contributed by atoms with Crippen molar-refractivity contribution in [3.63, 3.8) is 0 Å². The molecule has 1 N–H and O–H groups in total. The molecule has 1 heterocycles. The van der Waals surface area contributed by atoms with E-state index < -0.39 is 5.69 Å². The molecule has 0 bridgehead atoms. The SMILES string of the molecule is CC1(C)C(C(=O)CCc2ccc(Cl)c(-c3nc(-c4ccc(OCC5CC5)cc4)nc(=O)[nH]3)c2)C1(C)C. The van der Waals surface area contributed by atoms with E-state index >= 15 is 0 Å². The van der Waals surface area contributed by atoms with Gasteiger partial charge in [-0.1, -0.05) is 45.4 Å². The van der Waals surface area contributed by atoms with Crippen LogP contribution in [0.4, 0.5) is 0 Å². The Bertz CT molecular complexity index is 1340. The third-order valence-electron chi connectivity index (χ3n) is 8.23. The number of carbonyl (C=O) groups is 1. The molecule has 0 spiro atoms. The molecule has 2 aromatic carbocycles. The zero-order valence-corrected chi connectivity index (χ0v) is 22.0. The molecule has 6 nitrogen and oxygen atoms in total. The molecule has 0 radical (unpaired) electrons. The van der Waals surface area contributed by atoms with Crippen LogP contribution in [0, 0.1) is 22.7 Å². The lowest BCUT2D eigenvalue weighted by Crippen LogP contribution is -2.14. The van der Waals surface area contributed by atoms with Crippen molar-refractivity contribution in [2.75, 3.05) is 6.61 Å². The monoisotopic (exact) mass is 505 g/mol. The van der Waals surface area contributed by atoms with E-state index in [-0.39, 0.29) is 16.7 Å². The number of aryl methyl sites for hydroxylation is 1. The lowest BCUT2D eigenvalue weighted by Gasteiger charge is -2.09. The molecule has 188 valence electrons. The van der Waals surface area contributed by atoms with Gasteiger partial charge in [-0.3, -0.25) is 9.78 Å². The maximum atomic E-state index is 12.9. The Morgan fingerprint density at radius 3 is 2.39 bits per heavy atom. The third kappa shape index (κ3) is 4.83. The minimum Gasteiger partial charge on any atom is -0.493 e. The van der Waals surface area contributed by atoms with Gasteiger partial charge < -0.3 is 4.74 Å². The molecule has 2 saturated carbocycles. The second kappa shape index (κ2) is 9.15. The summed E-state index contributed by atoms with van der Waals surface area (Å²) in [7, 11) is 0. The Morgan fingerprint density at radius 2 is 1.75 bits per heavy atom. The van der Waals surface area contributed by atoms with Gasteiger partial charge in [0.2, 0.25) is 0 Å². The topological polar surface area (TPSA) is 84.9 Å². The van der Waals surface area contributed by atoms with Gasteiger partial charge in [-0.2, -0.15) is 4.98 Å². The highest BCUT2D eigenvalue weighted by Crippen LogP contribution is 2.68. The van der Waals surface area contributed by atoms with Crippen LogP contribution in [0.25, 0.3) is 22.8 Å². The summed E-state index contributed by atoms with van der Waals surface area (Å²) in [5, 5.41) is 0.471. The van der Waals surface area contributed by atoms with Crippen molar-refractivity contribution in [1.29, 1.82) is 0 Å². The van der Waals surface area contributed by atoms with Crippen LogP contribution in [0.2, 0.25) is 5.02 Å². The minimum atomic E-state index is -0.501. The van der Waals surface area contributed by atoms with Gasteiger partial charge in [0.15, 0.2) is 5.82 Å². The molecular formula is C29H32ClN3O3. The molecule has 0 atom stereocenters. The summed E-state index contributed by atoms with van der Waals surface area (Å²) in [5.74, 6) is 2.51. The van der Waals surface area contributed by atoms with E-state index in [1.54, 1.807) is 6.07 Å². The Balaban J connectivity index is 1.34. The van der Waals surface area contributed by atoms with Crippen molar-refractivity contribution in [3.05, 3.63) is 63.5 Å². The Hall–Kier alpha value is -2.99. The first-order chi connectivity index (χ1) is 17.1. The zero-order valence-electron chi connectivity index (χ0n) is 21.2. The maximum Gasteiger partial charge on any atom is 0.348 e. The Morgan fingerprint density at radius 1 is 1.06 bits per heavy atom. The van der Waals surface area contributed by atoms with Crippen LogP contribution in [0.5, 0.6) is 5.75 Å². The summed E-state index contributed by atoms with van der Waals surface area (Å²) >= 11 is 6.50. The number of nitrogens with zero attached hydrogens (tertiary/aromatic N) is 2. The maximum absolute atomic E-state index is 12.9. The van der Waals surface area contributed by atoms with Crippen LogP contribution in [0.1, 0.15) is 52.5 Å². The van der Waals surface area contributed by atoms with Crippen molar-refractivity contribution >= 4 is 17.4 Å². The predicted octanol–water partition coefficient (Wildman–Crippen LogP) is 6.13. The van der Waals surface area contributed by atoms with Crippen LogP contribution in [0.15, 0.2) is 47.3 Å². The number of ketones is 1. The van der Waals surface area contributed by atoms with E-state index in [0.29, 0.717) is 52.3 Å². The third-order valence-corrected chi connectivity index (χ3v) is 8.56. The molecule has 7 heteroatoms. The smallest absolute Gasteiger partial charge is 0.348 e. The fourth-order valence-electron chi connectivity index (χ4n) is 5.16. The Kier molecular flexibility index (Phi) is 6.27. The van der Waals surface area contributed by atoms with Gasteiger partial charge in [0.05, 0.1) is 11.6 Å². The van der Waals surface area contributed by atoms with E-state index in [1.165, 1.54) is 12.8 Å². The molecule has 2 aliphatic carbocycles. The first-order valence-corrected chi connectivity index (χ1v) is 13.0. The fourth-order valence-corrected chi connectivity index (χ4v) is 5.37. The largest absolute Gasteiger partial charge is 0.493 e. The van der Waals surface area contributed by atoms with E-state index in [1.807, 2.05) is 36.4 Å². The summed E-state index contributed by atoms with van der Waals surface area (Å²) in [6.07, 6.45) is 3.55. The number of benzene rings is 2. The van der Waals surface area contributed by atoms with Gasteiger partial charge in [0.25, 0.3) is 0 Å². The summed E-state index contributed by atoms with van der Waals surface area (Å²) < 4.78 is 5.80. The van der Waals surface area contributed by atoms with Gasteiger partial charge in [-0.25, -0.2) is 9.78 Å². The minimum absolute atomic E-state index is 0.0353. The highest BCUT2D eigenvalue weighted by molar-refractivity contribution is 6.33. The molecule has 0 unspecified atom stereocenters. The molecule has 0 aliphatic heterocycles. The van der Waals surface area contributed by atoms with Gasteiger partial charge in [-0.05, 0) is 78.0 Å². The standard InChI is InChI=1S/C29H32ClN3O3/c1-28(2)24(29(28,3)4)23(34)14-8-17-7-13-22(30)21(15-17)26-31-25(32-27(35)33-26)19-9-11-20(12-10-19)36-16-18-5-6-18/h7,9-13,15,18,24H,5-6,8,14,16H2,1-4H3,(H,31,32,33,35). The summed E-state index contributed by atoms with van der Waals surface area (Å²) in [4.78, 5) is 36.7. The molecule has 5 rings (SSSR count). The van der Waals surface area contributed by atoms with Crippen LogP contribution >= 0.6 is 11.6 Å². The number of Topliss-reactive ketones (excluding diaryl/α,β-unsaturated/α-hetero) is 1. The van der Waals surface area contributed by atoms with Crippen molar-refractivity contribution in [2.45, 2.75) is 53.4 Å². The van der Waals surface area contributed by atoms with Crippen molar-refractivity contribution < 1.29 is 9.53 Å². The van der Waals surface area contributed by atoms with Crippen LogP contribution in [-0.2, 0) is 11.2 Å². The number of aromatic nitrogens is 3. The molecule has 0 saturated heterocycles.